The van der Waals surface area contributed by atoms with E-state index in [1.807, 2.05) is 4.90 Å². The fourth-order valence-corrected chi connectivity index (χ4v) is 1.30. The van der Waals surface area contributed by atoms with Crippen molar-refractivity contribution in [2.45, 2.75) is 26.2 Å². The summed E-state index contributed by atoms with van der Waals surface area (Å²) in [4.78, 5) is 12.8. The molecule has 0 aromatic carbocycles. The molecule has 1 fully saturated rings. The van der Waals surface area contributed by atoms with Gasteiger partial charge in [-0.3, -0.25) is 0 Å². The van der Waals surface area contributed by atoms with E-state index < -0.39 is 5.97 Å². The number of ether oxygens (including phenoxy) is 1. The number of carbonyl (C=O) groups is 1. The molecule has 3 heteroatoms. The Balaban J connectivity index is 2.31. The van der Waals surface area contributed by atoms with E-state index in [0.29, 0.717) is 6.61 Å². The van der Waals surface area contributed by atoms with Gasteiger partial charge in [0.1, 0.15) is 0 Å². The van der Waals surface area contributed by atoms with Gasteiger partial charge >= 0.3 is 5.97 Å². The fraction of sp³-hybridized carbons (Fsp3) is 0.700. The Morgan fingerprint density at radius 1 is 1.38 bits per heavy atom. The van der Waals surface area contributed by atoms with E-state index in [-0.39, 0.29) is 0 Å². The molecule has 0 unspecified atom stereocenters. The predicted octanol–water partition coefficient (Wildman–Crippen LogP) is 0.996. The van der Waals surface area contributed by atoms with Crippen LogP contribution < -0.4 is 0 Å². The molecule has 1 rings (SSSR count). The van der Waals surface area contributed by atoms with Crippen molar-refractivity contribution in [2.75, 3.05) is 19.7 Å². The van der Waals surface area contributed by atoms with Crippen LogP contribution >= 0.6 is 0 Å². The molecule has 1 heterocycles. The summed E-state index contributed by atoms with van der Waals surface area (Å²) in [5, 5.41) is 0. The van der Waals surface area contributed by atoms with Crippen LogP contribution in [0.3, 0.4) is 0 Å². The van der Waals surface area contributed by atoms with Crippen LogP contribution in [0.4, 0.5) is 0 Å². The summed E-state index contributed by atoms with van der Waals surface area (Å²) >= 11 is 0. The summed E-state index contributed by atoms with van der Waals surface area (Å²) in [7, 11) is 0. The van der Waals surface area contributed by atoms with Crippen LogP contribution in [0, 0.1) is 12.0 Å². The van der Waals surface area contributed by atoms with Crippen LogP contribution in [0.2, 0.25) is 0 Å². The van der Waals surface area contributed by atoms with Gasteiger partial charge in [0.05, 0.1) is 6.61 Å². The SMILES string of the molecule is CCOC(=O)C#CN1CCCCC1. The van der Waals surface area contributed by atoms with Crippen molar-refractivity contribution in [3.8, 4) is 12.0 Å². The maximum Gasteiger partial charge on any atom is 0.386 e. The Morgan fingerprint density at radius 3 is 2.69 bits per heavy atom. The molecule has 72 valence electrons. The third kappa shape index (κ3) is 3.84. The van der Waals surface area contributed by atoms with Gasteiger partial charge in [-0.2, -0.15) is 0 Å². The quantitative estimate of drug-likeness (QED) is 0.446. The molecular formula is C10H15NO2. The zero-order valence-electron chi connectivity index (χ0n) is 8.01. The lowest BCUT2D eigenvalue weighted by atomic mass is 10.1. The second kappa shape index (κ2) is 5.47. The number of hydrogen-bond acceptors (Lipinski definition) is 3. The van der Waals surface area contributed by atoms with Gasteiger partial charge in [0, 0.05) is 25.1 Å². The summed E-state index contributed by atoms with van der Waals surface area (Å²) in [6.45, 7) is 4.13. The lowest BCUT2D eigenvalue weighted by Crippen LogP contribution is -2.25. The Hall–Kier alpha value is -1.17. The first kappa shape index (κ1) is 9.91. The molecule has 0 atom stereocenters. The summed E-state index contributed by atoms with van der Waals surface area (Å²) in [6, 6.07) is 2.81. The third-order valence-corrected chi connectivity index (χ3v) is 1.95. The molecule has 0 radical (unpaired) electrons. The zero-order valence-corrected chi connectivity index (χ0v) is 8.01. The Bertz CT molecular complexity index is 221. The number of hydrogen-bond donors (Lipinski definition) is 0. The fourth-order valence-electron chi connectivity index (χ4n) is 1.30. The predicted molar refractivity (Wildman–Crippen MR) is 49.8 cm³/mol. The lowest BCUT2D eigenvalue weighted by Gasteiger charge is -2.21. The molecule has 0 aliphatic carbocycles. The monoisotopic (exact) mass is 181 g/mol. The summed E-state index contributed by atoms with van der Waals surface area (Å²) in [6.07, 6.45) is 3.63. The normalized spacial score (nSPS) is 15.9. The van der Waals surface area contributed by atoms with E-state index in [1.165, 1.54) is 19.3 Å². The van der Waals surface area contributed by atoms with Gasteiger partial charge in [0.25, 0.3) is 0 Å². The highest BCUT2D eigenvalue weighted by atomic mass is 16.5. The Kier molecular flexibility index (Phi) is 4.17. The van der Waals surface area contributed by atoms with Crippen molar-refractivity contribution in [3.63, 3.8) is 0 Å². The molecular weight excluding hydrogens is 166 g/mol. The topological polar surface area (TPSA) is 29.5 Å². The highest BCUT2D eigenvalue weighted by Crippen LogP contribution is 2.06. The minimum atomic E-state index is -0.423. The maximum atomic E-state index is 10.9. The second-order valence-electron chi connectivity index (χ2n) is 3.00. The highest BCUT2D eigenvalue weighted by molar-refractivity contribution is 5.88. The molecule has 0 saturated carbocycles. The molecule has 0 bridgehead atoms. The number of likely N-dealkylation sites (tertiary alicyclic amines) is 1. The van der Waals surface area contributed by atoms with Crippen molar-refractivity contribution >= 4 is 5.97 Å². The smallest absolute Gasteiger partial charge is 0.386 e. The average Bonchev–Trinajstić information content (AvgIpc) is 2.17. The summed E-state index contributed by atoms with van der Waals surface area (Å²) in [5.74, 6) is 2.04. The first-order chi connectivity index (χ1) is 6.33. The van der Waals surface area contributed by atoms with Crippen LogP contribution in [0.5, 0.6) is 0 Å². The van der Waals surface area contributed by atoms with Gasteiger partial charge in [-0.1, -0.05) is 0 Å². The van der Waals surface area contributed by atoms with Crippen molar-refractivity contribution in [1.82, 2.24) is 4.90 Å². The number of carbonyl (C=O) groups excluding carboxylic acids is 1. The molecule has 3 nitrogen and oxygen atoms in total. The molecule has 0 N–H and O–H groups in total. The van der Waals surface area contributed by atoms with E-state index >= 15 is 0 Å². The van der Waals surface area contributed by atoms with Crippen molar-refractivity contribution < 1.29 is 9.53 Å². The van der Waals surface area contributed by atoms with Crippen LogP contribution in [0.15, 0.2) is 0 Å². The Morgan fingerprint density at radius 2 is 2.08 bits per heavy atom. The minimum Gasteiger partial charge on any atom is -0.456 e. The second-order valence-corrected chi connectivity index (χ2v) is 3.00. The lowest BCUT2D eigenvalue weighted by molar-refractivity contribution is -0.136. The first-order valence-corrected chi connectivity index (χ1v) is 4.76. The van der Waals surface area contributed by atoms with Crippen LogP contribution in [-0.4, -0.2) is 30.6 Å². The molecule has 1 aliphatic heterocycles. The minimum absolute atomic E-state index is 0.396. The van der Waals surface area contributed by atoms with Gasteiger partial charge in [-0.15, -0.1) is 0 Å². The third-order valence-electron chi connectivity index (χ3n) is 1.95. The van der Waals surface area contributed by atoms with E-state index in [4.69, 9.17) is 4.74 Å². The molecule has 1 aliphatic rings. The van der Waals surface area contributed by atoms with Gasteiger partial charge in [-0.25, -0.2) is 4.79 Å². The van der Waals surface area contributed by atoms with Gasteiger partial charge < -0.3 is 9.64 Å². The molecule has 0 aromatic rings. The molecule has 1 saturated heterocycles. The largest absolute Gasteiger partial charge is 0.456 e. The molecule has 0 aromatic heterocycles. The number of esters is 1. The Labute approximate surface area is 79.1 Å². The van der Waals surface area contributed by atoms with Crippen LogP contribution in [-0.2, 0) is 9.53 Å². The standard InChI is InChI=1S/C10H15NO2/c1-2-13-10(12)6-9-11-7-4-3-5-8-11/h2-5,7-8H2,1H3. The van der Waals surface area contributed by atoms with Crippen molar-refractivity contribution in [3.05, 3.63) is 0 Å². The van der Waals surface area contributed by atoms with E-state index in [1.54, 1.807) is 6.92 Å². The number of rotatable bonds is 1. The van der Waals surface area contributed by atoms with Crippen molar-refractivity contribution in [1.29, 1.82) is 0 Å². The van der Waals surface area contributed by atoms with Crippen LogP contribution in [0.1, 0.15) is 26.2 Å². The molecule has 0 amide bonds. The van der Waals surface area contributed by atoms with Gasteiger partial charge in [-0.05, 0) is 26.2 Å². The maximum absolute atomic E-state index is 10.9. The molecule has 0 spiro atoms. The first-order valence-electron chi connectivity index (χ1n) is 4.76. The van der Waals surface area contributed by atoms with E-state index in [0.717, 1.165) is 13.1 Å². The highest BCUT2D eigenvalue weighted by Gasteiger charge is 2.05. The van der Waals surface area contributed by atoms with E-state index in [9.17, 15) is 4.79 Å². The average molecular weight is 181 g/mol. The van der Waals surface area contributed by atoms with Crippen molar-refractivity contribution in [2.24, 2.45) is 0 Å². The van der Waals surface area contributed by atoms with Crippen LogP contribution in [0.25, 0.3) is 0 Å². The molecule has 13 heavy (non-hydrogen) atoms. The number of nitrogens with zero attached hydrogens (tertiary/aromatic N) is 1. The zero-order chi connectivity index (χ0) is 9.52. The summed E-state index contributed by atoms with van der Waals surface area (Å²) < 4.78 is 4.69. The van der Waals surface area contributed by atoms with Gasteiger partial charge in [0.2, 0.25) is 0 Å². The van der Waals surface area contributed by atoms with E-state index in [2.05, 4.69) is 12.0 Å². The van der Waals surface area contributed by atoms with Gasteiger partial charge in [0.15, 0.2) is 0 Å². The summed E-state index contributed by atoms with van der Waals surface area (Å²) in [5.41, 5.74) is 0. The number of piperidine rings is 1.